The first-order valence-electron chi connectivity index (χ1n) is 6.54. The zero-order valence-electron chi connectivity index (χ0n) is 11.2. The molecule has 2 aromatic rings. The minimum absolute atomic E-state index is 0.0535. The molecule has 0 spiro atoms. The zero-order chi connectivity index (χ0) is 14.7. The van der Waals surface area contributed by atoms with Gasteiger partial charge >= 0.3 is 0 Å². The van der Waals surface area contributed by atoms with Gasteiger partial charge < -0.3 is 19.2 Å². The van der Waals surface area contributed by atoms with E-state index in [4.69, 9.17) is 14.7 Å². The molecule has 6 nitrogen and oxygen atoms in total. The smallest absolute Gasteiger partial charge is 0.250 e. The minimum atomic E-state index is -0.0535. The van der Waals surface area contributed by atoms with E-state index in [0.29, 0.717) is 30.4 Å². The van der Waals surface area contributed by atoms with Gasteiger partial charge in [0.05, 0.1) is 6.54 Å². The summed E-state index contributed by atoms with van der Waals surface area (Å²) in [7, 11) is 0. The topological polar surface area (TPSA) is 73.0 Å². The van der Waals surface area contributed by atoms with Crippen LogP contribution in [-0.4, -0.2) is 28.7 Å². The second-order valence-electron chi connectivity index (χ2n) is 4.57. The Balaban J connectivity index is 1.65. The van der Waals surface area contributed by atoms with Crippen LogP contribution < -0.4 is 15.0 Å². The molecule has 1 aromatic carbocycles. The predicted molar refractivity (Wildman–Crippen MR) is 76.5 cm³/mol. The zero-order valence-corrected chi connectivity index (χ0v) is 11.2. The molecule has 0 atom stereocenters. The van der Waals surface area contributed by atoms with Crippen molar-refractivity contribution in [2.75, 3.05) is 13.2 Å². The SMILES string of the molecule is O=c1ccccn1CCOc1ccc2c(c1)OC/C2=N/O. The van der Waals surface area contributed by atoms with Gasteiger partial charge in [0.1, 0.15) is 30.4 Å². The summed E-state index contributed by atoms with van der Waals surface area (Å²) in [5.41, 5.74) is 1.22. The third-order valence-corrected chi connectivity index (χ3v) is 3.25. The van der Waals surface area contributed by atoms with E-state index in [9.17, 15) is 4.79 Å². The van der Waals surface area contributed by atoms with Crippen LogP contribution in [0.2, 0.25) is 0 Å². The van der Waals surface area contributed by atoms with Crippen LogP contribution in [0.15, 0.2) is 52.5 Å². The third kappa shape index (κ3) is 2.74. The fourth-order valence-electron chi connectivity index (χ4n) is 2.16. The first kappa shape index (κ1) is 13.2. The summed E-state index contributed by atoms with van der Waals surface area (Å²) in [6.07, 6.45) is 1.72. The van der Waals surface area contributed by atoms with Gasteiger partial charge in [0.2, 0.25) is 0 Å². The molecule has 3 rings (SSSR count). The number of hydrogen-bond donors (Lipinski definition) is 1. The molecular weight excluding hydrogens is 272 g/mol. The van der Waals surface area contributed by atoms with Gasteiger partial charge in [0.15, 0.2) is 0 Å². The standard InChI is InChI=1S/C15H14N2O4/c18-15-3-1-2-6-17(15)7-8-20-11-4-5-12-13(16-19)10-21-14(12)9-11/h1-6,9,19H,7-8,10H2/b16-13-. The molecule has 6 heteroatoms. The van der Waals surface area contributed by atoms with Crippen molar-refractivity contribution in [3.8, 4) is 11.5 Å². The van der Waals surface area contributed by atoms with Crippen molar-refractivity contribution < 1.29 is 14.7 Å². The van der Waals surface area contributed by atoms with Gasteiger partial charge in [0.25, 0.3) is 5.56 Å². The number of pyridine rings is 1. The van der Waals surface area contributed by atoms with E-state index in [1.165, 1.54) is 6.07 Å². The maximum Gasteiger partial charge on any atom is 0.250 e. The number of oxime groups is 1. The molecule has 108 valence electrons. The molecule has 0 radical (unpaired) electrons. The molecule has 2 heterocycles. The Hall–Kier alpha value is -2.76. The van der Waals surface area contributed by atoms with Crippen molar-refractivity contribution in [3.63, 3.8) is 0 Å². The summed E-state index contributed by atoms with van der Waals surface area (Å²) in [5.74, 6) is 1.29. The van der Waals surface area contributed by atoms with Crippen molar-refractivity contribution in [3.05, 3.63) is 58.5 Å². The van der Waals surface area contributed by atoms with Crippen LogP contribution in [0.5, 0.6) is 11.5 Å². The van der Waals surface area contributed by atoms with E-state index in [-0.39, 0.29) is 12.2 Å². The Morgan fingerprint density at radius 1 is 1.33 bits per heavy atom. The fourth-order valence-corrected chi connectivity index (χ4v) is 2.16. The Bertz CT molecular complexity index is 736. The number of nitrogens with zero attached hydrogens (tertiary/aromatic N) is 2. The molecule has 0 fully saturated rings. The van der Waals surface area contributed by atoms with Crippen molar-refractivity contribution in [1.29, 1.82) is 0 Å². The van der Waals surface area contributed by atoms with Gasteiger partial charge in [-0.3, -0.25) is 4.79 Å². The molecule has 0 aliphatic carbocycles. The summed E-state index contributed by atoms with van der Waals surface area (Å²) in [5, 5.41) is 12.0. The number of benzene rings is 1. The van der Waals surface area contributed by atoms with Gasteiger partial charge in [-0.05, 0) is 18.2 Å². The molecule has 21 heavy (non-hydrogen) atoms. The van der Waals surface area contributed by atoms with Crippen molar-refractivity contribution in [2.24, 2.45) is 5.16 Å². The first-order valence-corrected chi connectivity index (χ1v) is 6.54. The summed E-state index contributed by atoms with van der Waals surface area (Å²) >= 11 is 0. The van der Waals surface area contributed by atoms with E-state index in [2.05, 4.69) is 5.16 Å². The summed E-state index contributed by atoms with van der Waals surface area (Å²) in [6, 6.07) is 10.4. The molecule has 1 aliphatic rings. The second kappa shape index (κ2) is 5.70. The lowest BCUT2D eigenvalue weighted by molar-refractivity contribution is 0.294. The summed E-state index contributed by atoms with van der Waals surface area (Å²) in [4.78, 5) is 11.5. The van der Waals surface area contributed by atoms with E-state index in [1.807, 2.05) is 0 Å². The fraction of sp³-hybridized carbons (Fsp3) is 0.200. The molecule has 1 aromatic heterocycles. The highest BCUT2D eigenvalue weighted by Crippen LogP contribution is 2.29. The molecule has 0 unspecified atom stereocenters. The molecule has 0 amide bonds. The molecule has 1 aliphatic heterocycles. The van der Waals surface area contributed by atoms with Gasteiger partial charge in [0, 0.05) is 23.9 Å². The monoisotopic (exact) mass is 286 g/mol. The lowest BCUT2D eigenvalue weighted by Gasteiger charge is -2.09. The first-order chi connectivity index (χ1) is 10.3. The number of rotatable bonds is 4. The molecule has 0 saturated heterocycles. The van der Waals surface area contributed by atoms with Crippen LogP contribution in [-0.2, 0) is 6.54 Å². The highest BCUT2D eigenvalue weighted by molar-refractivity contribution is 6.05. The number of hydrogen-bond acceptors (Lipinski definition) is 5. The lowest BCUT2D eigenvalue weighted by Crippen LogP contribution is -2.21. The van der Waals surface area contributed by atoms with Crippen LogP contribution in [0.1, 0.15) is 5.56 Å². The average Bonchev–Trinajstić information content (AvgIpc) is 2.91. The molecule has 0 saturated carbocycles. The molecular formula is C15H14N2O4. The normalized spacial score (nSPS) is 14.8. The van der Waals surface area contributed by atoms with E-state index in [1.54, 1.807) is 41.1 Å². The predicted octanol–water partition coefficient (Wildman–Crippen LogP) is 1.50. The second-order valence-corrected chi connectivity index (χ2v) is 4.57. The molecule has 0 bridgehead atoms. The number of ether oxygens (including phenoxy) is 2. The van der Waals surface area contributed by atoms with Crippen LogP contribution in [0.4, 0.5) is 0 Å². The minimum Gasteiger partial charge on any atom is -0.492 e. The summed E-state index contributed by atoms with van der Waals surface area (Å²) in [6.45, 7) is 1.11. The van der Waals surface area contributed by atoms with Crippen LogP contribution in [0, 0.1) is 0 Å². The average molecular weight is 286 g/mol. The van der Waals surface area contributed by atoms with E-state index >= 15 is 0 Å². The van der Waals surface area contributed by atoms with E-state index in [0.717, 1.165) is 5.56 Å². The maximum absolute atomic E-state index is 11.5. The van der Waals surface area contributed by atoms with Crippen molar-refractivity contribution in [1.82, 2.24) is 4.57 Å². The lowest BCUT2D eigenvalue weighted by atomic mass is 10.1. The van der Waals surface area contributed by atoms with Crippen LogP contribution in [0.25, 0.3) is 0 Å². The Morgan fingerprint density at radius 3 is 3.05 bits per heavy atom. The van der Waals surface area contributed by atoms with Crippen molar-refractivity contribution in [2.45, 2.75) is 6.54 Å². The van der Waals surface area contributed by atoms with E-state index < -0.39 is 0 Å². The number of fused-ring (bicyclic) bond motifs is 1. The Labute approximate surface area is 120 Å². The molecule has 1 N–H and O–H groups in total. The van der Waals surface area contributed by atoms with Gasteiger partial charge in [-0.1, -0.05) is 11.2 Å². The number of aromatic nitrogens is 1. The van der Waals surface area contributed by atoms with Gasteiger partial charge in [-0.2, -0.15) is 0 Å². The van der Waals surface area contributed by atoms with Gasteiger partial charge in [-0.15, -0.1) is 0 Å². The highest BCUT2D eigenvalue weighted by Gasteiger charge is 2.20. The third-order valence-electron chi connectivity index (χ3n) is 3.25. The van der Waals surface area contributed by atoms with Crippen LogP contribution >= 0.6 is 0 Å². The summed E-state index contributed by atoms with van der Waals surface area (Å²) < 4.78 is 12.6. The van der Waals surface area contributed by atoms with Gasteiger partial charge in [-0.25, -0.2) is 0 Å². The Kier molecular flexibility index (Phi) is 3.59. The van der Waals surface area contributed by atoms with Crippen LogP contribution in [0.3, 0.4) is 0 Å². The highest BCUT2D eigenvalue weighted by atomic mass is 16.5. The van der Waals surface area contributed by atoms with Crippen molar-refractivity contribution >= 4 is 5.71 Å². The quantitative estimate of drug-likeness (QED) is 0.683. The largest absolute Gasteiger partial charge is 0.492 e. The Morgan fingerprint density at radius 2 is 2.24 bits per heavy atom. The maximum atomic E-state index is 11.5.